The van der Waals surface area contributed by atoms with Crippen LogP contribution in [0.3, 0.4) is 0 Å². The molecule has 0 saturated heterocycles. The first-order valence-electron chi connectivity index (χ1n) is 7.24. The van der Waals surface area contributed by atoms with Gasteiger partial charge < -0.3 is 4.74 Å². The van der Waals surface area contributed by atoms with E-state index in [-0.39, 0.29) is 11.3 Å². The Kier molecular flexibility index (Phi) is 4.83. The Labute approximate surface area is 134 Å². The second kappa shape index (κ2) is 6.49. The first kappa shape index (κ1) is 17.1. The maximum absolute atomic E-state index is 13.3. The highest BCUT2D eigenvalue weighted by molar-refractivity contribution is 5.82. The van der Waals surface area contributed by atoms with Gasteiger partial charge in [0.15, 0.2) is 0 Å². The second-order valence-electron chi connectivity index (χ2n) is 5.80. The van der Waals surface area contributed by atoms with E-state index in [4.69, 9.17) is 4.74 Å². The van der Waals surface area contributed by atoms with E-state index < -0.39 is 11.7 Å². The number of benzene rings is 1. The van der Waals surface area contributed by atoms with Crippen molar-refractivity contribution >= 4 is 5.57 Å². The summed E-state index contributed by atoms with van der Waals surface area (Å²) < 4.78 is 45.3. The zero-order valence-electron chi connectivity index (χ0n) is 13.4. The van der Waals surface area contributed by atoms with Crippen LogP contribution in [0.2, 0.25) is 0 Å². The topological polar surface area (TPSA) is 9.23 Å². The number of alkyl halides is 3. The summed E-state index contributed by atoms with van der Waals surface area (Å²) in [5, 5.41) is 0. The summed E-state index contributed by atoms with van der Waals surface area (Å²) in [5.41, 5.74) is 2.46. The van der Waals surface area contributed by atoms with Crippen LogP contribution in [0.1, 0.15) is 30.5 Å². The summed E-state index contributed by atoms with van der Waals surface area (Å²) in [6, 6.07) is 4.08. The van der Waals surface area contributed by atoms with E-state index >= 15 is 0 Å². The van der Waals surface area contributed by atoms with Gasteiger partial charge in [-0.25, -0.2) is 0 Å². The number of aryl methyl sites for hydroxylation is 1. The van der Waals surface area contributed by atoms with E-state index in [0.717, 1.165) is 22.8 Å². The first-order chi connectivity index (χ1) is 10.7. The molecule has 122 valence electrons. The molecule has 0 aromatic heterocycles. The van der Waals surface area contributed by atoms with Crippen molar-refractivity contribution in [1.29, 1.82) is 0 Å². The normalized spacial score (nSPS) is 16.9. The van der Waals surface area contributed by atoms with E-state index in [1.807, 2.05) is 26.0 Å². The second-order valence-corrected chi connectivity index (χ2v) is 5.80. The predicted molar refractivity (Wildman–Crippen MR) is 86.8 cm³/mol. The lowest BCUT2D eigenvalue weighted by atomic mass is 9.93. The van der Waals surface area contributed by atoms with Crippen molar-refractivity contribution in [2.75, 3.05) is 6.61 Å². The highest BCUT2D eigenvalue weighted by Crippen LogP contribution is 2.39. The first-order valence-corrected chi connectivity index (χ1v) is 7.24. The molecule has 0 atom stereocenters. The van der Waals surface area contributed by atoms with Gasteiger partial charge in [-0.2, -0.15) is 13.2 Å². The summed E-state index contributed by atoms with van der Waals surface area (Å²) in [6.45, 7) is 9.72. The lowest BCUT2D eigenvalue weighted by Gasteiger charge is -2.22. The predicted octanol–water partition coefficient (Wildman–Crippen LogP) is 5.83. The molecule has 1 aromatic carbocycles. The van der Waals surface area contributed by atoms with Crippen LogP contribution in [0.5, 0.6) is 0 Å². The van der Waals surface area contributed by atoms with E-state index in [1.54, 1.807) is 13.0 Å². The minimum Gasteiger partial charge on any atom is -0.489 e. The number of hydrogen-bond donors (Lipinski definition) is 0. The molecule has 2 rings (SSSR count). The highest BCUT2D eigenvalue weighted by atomic mass is 19.4. The lowest BCUT2D eigenvalue weighted by Crippen LogP contribution is -2.12. The molecule has 1 nitrogen and oxygen atoms in total. The van der Waals surface area contributed by atoms with Crippen LogP contribution < -0.4 is 0 Å². The largest absolute Gasteiger partial charge is 0.489 e. The number of allylic oxidation sites excluding steroid dienone is 4. The fourth-order valence-corrected chi connectivity index (χ4v) is 2.28. The Morgan fingerprint density at radius 2 is 1.96 bits per heavy atom. The maximum Gasteiger partial charge on any atom is 0.417 e. The van der Waals surface area contributed by atoms with Crippen molar-refractivity contribution in [2.24, 2.45) is 0 Å². The Bertz CT molecular complexity index is 715. The van der Waals surface area contributed by atoms with Gasteiger partial charge in [-0.3, -0.25) is 0 Å². The van der Waals surface area contributed by atoms with Crippen LogP contribution >= 0.6 is 0 Å². The van der Waals surface area contributed by atoms with Crippen LogP contribution in [0.25, 0.3) is 5.57 Å². The zero-order valence-corrected chi connectivity index (χ0v) is 13.4. The number of rotatable bonds is 2. The van der Waals surface area contributed by atoms with Gasteiger partial charge in [-0.1, -0.05) is 42.0 Å². The maximum atomic E-state index is 13.3. The van der Waals surface area contributed by atoms with Crippen molar-refractivity contribution in [2.45, 2.75) is 26.9 Å². The van der Waals surface area contributed by atoms with E-state index in [2.05, 4.69) is 6.58 Å². The molecule has 0 N–H and O–H groups in total. The van der Waals surface area contributed by atoms with Gasteiger partial charge >= 0.3 is 6.18 Å². The molecule has 0 aliphatic carbocycles. The molecule has 1 aliphatic heterocycles. The SMILES string of the molecule is C=C1OC/C(=C\C=C(C)C)C=C1c1cc(C)ccc1C(F)(F)F. The molecule has 0 bridgehead atoms. The van der Waals surface area contributed by atoms with Gasteiger partial charge in [0, 0.05) is 5.57 Å². The van der Waals surface area contributed by atoms with Crippen molar-refractivity contribution in [1.82, 2.24) is 0 Å². The molecule has 0 saturated carbocycles. The fraction of sp³-hybridized carbons (Fsp3) is 0.263. The Balaban J connectivity index is 2.59. The summed E-state index contributed by atoms with van der Waals surface area (Å²) in [7, 11) is 0. The third-order valence-corrected chi connectivity index (χ3v) is 3.44. The molecule has 0 amide bonds. The Morgan fingerprint density at radius 3 is 2.57 bits per heavy atom. The number of ether oxygens (including phenoxy) is 1. The molecule has 0 spiro atoms. The van der Waals surface area contributed by atoms with Crippen LogP contribution in [0, 0.1) is 6.92 Å². The van der Waals surface area contributed by atoms with Crippen molar-refractivity contribution in [3.05, 3.63) is 76.6 Å². The van der Waals surface area contributed by atoms with E-state index in [9.17, 15) is 13.2 Å². The molecule has 4 heteroatoms. The minimum absolute atomic E-state index is 0.102. The molecule has 0 unspecified atom stereocenters. The molecule has 0 radical (unpaired) electrons. The molecule has 23 heavy (non-hydrogen) atoms. The minimum atomic E-state index is -4.43. The summed E-state index contributed by atoms with van der Waals surface area (Å²) >= 11 is 0. The Morgan fingerprint density at radius 1 is 1.26 bits per heavy atom. The van der Waals surface area contributed by atoms with E-state index in [1.165, 1.54) is 12.1 Å². The molecule has 1 heterocycles. The van der Waals surface area contributed by atoms with Gasteiger partial charge in [0.1, 0.15) is 12.4 Å². The van der Waals surface area contributed by atoms with Gasteiger partial charge in [0.05, 0.1) is 5.56 Å². The monoisotopic (exact) mass is 320 g/mol. The number of halogens is 3. The quantitative estimate of drug-likeness (QED) is 0.666. The number of hydrogen-bond acceptors (Lipinski definition) is 1. The highest BCUT2D eigenvalue weighted by Gasteiger charge is 2.35. The smallest absolute Gasteiger partial charge is 0.417 e. The average Bonchev–Trinajstić information content (AvgIpc) is 2.45. The van der Waals surface area contributed by atoms with Gasteiger partial charge in [-0.15, -0.1) is 0 Å². The van der Waals surface area contributed by atoms with Crippen LogP contribution in [-0.2, 0) is 10.9 Å². The third kappa shape index (κ3) is 4.15. The zero-order chi connectivity index (χ0) is 17.2. The summed E-state index contributed by atoms with van der Waals surface area (Å²) in [5.74, 6) is 0.260. The van der Waals surface area contributed by atoms with Gasteiger partial charge in [-0.05, 0) is 44.1 Å². The van der Waals surface area contributed by atoms with Crippen molar-refractivity contribution in [3.8, 4) is 0 Å². The molecule has 1 aliphatic rings. The molecule has 1 aromatic rings. The average molecular weight is 320 g/mol. The van der Waals surface area contributed by atoms with Gasteiger partial charge in [0.2, 0.25) is 0 Å². The lowest BCUT2D eigenvalue weighted by molar-refractivity contribution is -0.137. The third-order valence-electron chi connectivity index (χ3n) is 3.44. The summed E-state index contributed by atoms with van der Waals surface area (Å²) in [4.78, 5) is 0. The summed E-state index contributed by atoms with van der Waals surface area (Å²) in [6.07, 6.45) is 1.05. The fourth-order valence-electron chi connectivity index (χ4n) is 2.28. The molecular formula is C19H19F3O. The standard InChI is InChI=1S/C19H19F3O/c1-12(2)5-7-15-10-16(14(4)23-11-15)17-9-13(3)6-8-18(17)19(20,21)22/h5-10H,4,11H2,1-3H3/b15-7-. The Hall–Kier alpha value is -2.23. The van der Waals surface area contributed by atoms with Crippen molar-refractivity contribution < 1.29 is 17.9 Å². The van der Waals surface area contributed by atoms with Crippen LogP contribution in [0.4, 0.5) is 13.2 Å². The van der Waals surface area contributed by atoms with E-state index in [0.29, 0.717) is 12.2 Å². The van der Waals surface area contributed by atoms with Crippen molar-refractivity contribution in [3.63, 3.8) is 0 Å². The molecular weight excluding hydrogens is 301 g/mol. The van der Waals surface area contributed by atoms with Crippen LogP contribution in [0.15, 0.2) is 59.9 Å². The van der Waals surface area contributed by atoms with Crippen LogP contribution in [-0.4, -0.2) is 6.61 Å². The van der Waals surface area contributed by atoms with Gasteiger partial charge in [0.25, 0.3) is 0 Å². The molecule has 0 fully saturated rings.